The van der Waals surface area contributed by atoms with Crippen molar-refractivity contribution in [1.29, 1.82) is 0 Å². The molecule has 0 bridgehead atoms. The van der Waals surface area contributed by atoms with Crippen molar-refractivity contribution in [2.24, 2.45) is 4.99 Å². The zero-order valence-corrected chi connectivity index (χ0v) is 6.46. The topological polar surface area (TPSA) is 95.1 Å². The van der Waals surface area contributed by atoms with E-state index in [1.807, 2.05) is 4.98 Å². The molecule has 13 heavy (non-hydrogen) atoms. The van der Waals surface area contributed by atoms with Crippen molar-refractivity contribution in [3.8, 4) is 0 Å². The van der Waals surface area contributed by atoms with E-state index >= 15 is 0 Å². The standard InChI is InChI=1S/C7H5N3O3/c11-4-2-1-3-5(8-4)9-7(13)10-6(3)12/h1H,2H2,(H2,8,9,10,11,12,13). The lowest BCUT2D eigenvalue weighted by Crippen LogP contribution is -2.50. The van der Waals surface area contributed by atoms with Crippen LogP contribution in [0.4, 0.5) is 0 Å². The van der Waals surface area contributed by atoms with Crippen molar-refractivity contribution in [2.45, 2.75) is 6.42 Å². The fourth-order valence-electron chi connectivity index (χ4n) is 1.12. The van der Waals surface area contributed by atoms with Crippen LogP contribution in [0.5, 0.6) is 0 Å². The molecule has 66 valence electrons. The molecule has 2 rings (SSSR count). The number of nitrogens with one attached hydrogen (secondary N) is 2. The Bertz CT molecular complexity index is 593. The van der Waals surface area contributed by atoms with E-state index in [1.54, 1.807) is 0 Å². The SMILES string of the molecule is O=C1CC=c2c(=O)[nH]c(=O)[nH]c2=N1. The Morgan fingerprint density at radius 2 is 2.00 bits per heavy atom. The Hall–Kier alpha value is -1.98. The van der Waals surface area contributed by atoms with Gasteiger partial charge in [0.1, 0.15) is 5.49 Å². The second-order valence-corrected chi connectivity index (χ2v) is 2.58. The Morgan fingerprint density at radius 3 is 2.77 bits per heavy atom. The number of carbonyl (C=O) groups is 1. The minimum atomic E-state index is -0.657. The molecular weight excluding hydrogens is 174 g/mol. The summed E-state index contributed by atoms with van der Waals surface area (Å²) < 4.78 is 0. The monoisotopic (exact) mass is 179 g/mol. The summed E-state index contributed by atoms with van der Waals surface area (Å²) in [6.45, 7) is 0. The van der Waals surface area contributed by atoms with Crippen LogP contribution in [-0.2, 0) is 4.79 Å². The maximum atomic E-state index is 11.1. The third-order valence-electron chi connectivity index (χ3n) is 1.68. The number of hydrogen-bond donors (Lipinski definition) is 2. The van der Waals surface area contributed by atoms with Crippen LogP contribution in [0.2, 0.25) is 0 Å². The normalized spacial score (nSPS) is 14.3. The molecule has 1 aromatic heterocycles. The van der Waals surface area contributed by atoms with Gasteiger partial charge in [-0.25, -0.2) is 4.79 Å². The van der Waals surface area contributed by atoms with Gasteiger partial charge in [0.05, 0.1) is 5.22 Å². The molecule has 0 saturated heterocycles. The van der Waals surface area contributed by atoms with Gasteiger partial charge in [0.2, 0.25) is 0 Å². The van der Waals surface area contributed by atoms with E-state index in [2.05, 4.69) is 9.98 Å². The first-order valence-electron chi connectivity index (χ1n) is 3.61. The number of H-pyrrole nitrogens is 2. The lowest BCUT2D eigenvalue weighted by Gasteiger charge is -1.95. The highest BCUT2D eigenvalue weighted by atomic mass is 16.2. The predicted molar refractivity (Wildman–Crippen MR) is 42.6 cm³/mol. The van der Waals surface area contributed by atoms with Gasteiger partial charge in [-0.2, -0.15) is 4.99 Å². The summed E-state index contributed by atoms with van der Waals surface area (Å²) in [6.07, 6.45) is 1.54. The van der Waals surface area contributed by atoms with Crippen molar-refractivity contribution in [1.82, 2.24) is 9.97 Å². The largest absolute Gasteiger partial charge is 0.327 e. The van der Waals surface area contributed by atoms with Crippen LogP contribution in [-0.4, -0.2) is 15.9 Å². The van der Waals surface area contributed by atoms with E-state index in [-0.39, 0.29) is 23.0 Å². The Morgan fingerprint density at radius 1 is 1.23 bits per heavy atom. The second-order valence-electron chi connectivity index (χ2n) is 2.58. The van der Waals surface area contributed by atoms with E-state index in [9.17, 15) is 14.4 Å². The van der Waals surface area contributed by atoms with E-state index < -0.39 is 11.2 Å². The molecule has 0 saturated carbocycles. The lowest BCUT2D eigenvalue weighted by atomic mass is 10.3. The molecule has 0 aromatic carbocycles. The van der Waals surface area contributed by atoms with Crippen LogP contribution in [0.25, 0.3) is 6.08 Å². The van der Waals surface area contributed by atoms with E-state index in [4.69, 9.17) is 0 Å². The van der Waals surface area contributed by atoms with Gasteiger partial charge in [-0.1, -0.05) is 6.08 Å². The fraction of sp³-hybridized carbons (Fsp3) is 0.143. The molecule has 0 radical (unpaired) electrons. The molecule has 2 heterocycles. The summed E-state index contributed by atoms with van der Waals surface area (Å²) >= 11 is 0. The lowest BCUT2D eigenvalue weighted by molar-refractivity contribution is -0.117. The predicted octanol–water partition coefficient (Wildman–Crippen LogP) is -2.61. The van der Waals surface area contributed by atoms with E-state index in [0.717, 1.165) is 0 Å². The molecule has 2 N–H and O–H groups in total. The van der Waals surface area contributed by atoms with Crippen LogP contribution in [0.15, 0.2) is 14.6 Å². The number of hydrogen-bond acceptors (Lipinski definition) is 3. The molecule has 1 amide bonds. The number of carbonyl (C=O) groups excluding carboxylic acids is 1. The smallest absolute Gasteiger partial charge is 0.291 e. The third kappa shape index (κ3) is 1.22. The molecular formula is C7H5N3O3. The Labute approximate surface area is 70.6 Å². The first-order valence-corrected chi connectivity index (χ1v) is 3.61. The van der Waals surface area contributed by atoms with Gasteiger partial charge in [-0.15, -0.1) is 0 Å². The van der Waals surface area contributed by atoms with Crippen LogP contribution in [0.1, 0.15) is 6.42 Å². The summed E-state index contributed by atoms with van der Waals surface area (Å²) in [5, 5.41) is 0.249. The molecule has 0 fully saturated rings. The maximum absolute atomic E-state index is 11.1. The molecule has 0 unspecified atom stereocenters. The Balaban J connectivity index is 3.05. The van der Waals surface area contributed by atoms with E-state index in [1.165, 1.54) is 6.08 Å². The minimum Gasteiger partial charge on any atom is -0.291 e. The first-order chi connectivity index (χ1) is 6.16. The molecule has 0 atom stereocenters. The highest BCUT2D eigenvalue weighted by Gasteiger charge is 2.05. The number of aromatic amines is 2. The van der Waals surface area contributed by atoms with E-state index in [0.29, 0.717) is 0 Å². The van der Waals surface area contributed by atoms with Crippen molar-refractivity contribution in [3.05, 3.63) is 31.5 Å². The Kier molecular flexibility index (Phi) is 1.48. The summed E-state index contributed by atoms with van der Waals surface area (Å²) in [4.78, 5) is 40.5. The molecule has 0 spiro atoms. The summed E-state index contributed by atoms with van der Waals surface area (Å²) in [5.41, 5.74) is -1.13. The van der Waals surface area contributed by atoms with Crippen molar-refractivity contribution < 1.29 is 4.79 Å². The minimum absolute atomic E-state index is 0.0463. The van der Waals surface area contributed by atoms with Crippen molar-refractivity contribution >= 4 is 12.0 Å². The van der Waals surface area contributed by atoms with Gasteiger partial charge in [0.15, 0.2) is 0 Å². The highest BCUT2D eigenvalue weighted by Crippen LogP contribution is 1.85. The van der Waals surface area contributed by atoms with Gasteiger partial charge < -0.3 is 0 Å². The zero-order valence-electron chi connectivity index (χ0n) is 6.46. The number of nitrogens with zero attached hydrogens (tertiary/aromatic N) is 1. The molecule has 0 aliphatic carbocycles. The summed E-state index contributed by atoms with van der Waals surface area (Å²) in [5.74, 6) is -0.367. The number of fused-ring (bicyclic) bond motifs is 1. The van der Waals surface area contributed by atoms with Gasteiger partial charge >= 0.3 is 5.69 Å². The fourth-order valence-corrected chi connectivity index (χ4v) is 1.12. The molecule has 1 aromatic rings. The van der Waals surface area contributed by atoms with Gasteiger partial charge in [-0.3, -0.25) is 19.6 Å². The summed E-state index contributed by atoms with van der Waals surface area (Å²) in [6, 6.07) is 0. The average molecular weight is 179 g/mol. The maximum Gasteiger partial charge on any atom is 0.327 e. The quantitative estimate of drug-likeness (QED) is 0.457. The number of amides is 1. The van der Waals surface area contributed by atoms with Crippen LogP contribution >= 0.6 is 0 Å². The molecule has 6 heteroatoms. The molecule has 1 aliphatic rings. The average Bonchev–Trinajstić information content (AvgIpc) is 2.02. The summed E-state index contributed by atoms with van der Waals surface area (Å²) in [7, 11) is 0. The molecule has 1 aliphatic heterocycles. The van der Waals surface area contributed by atoms with Crippen molar-refractivity contribution in [2.75, 3.05) is 0 Å². The van der Waals surface area contributed by atoms with Gasteiger partial charge in [0, 0.05) is 6.42 Å². The van der Waals surface area contributed by atoms with Crippen molar-refractivity contribution in [3.63, 3.8) is 0 Å². The zero-order chi connectivity index (χ0) is 9.42. The molecule has 6 nitrogen and oxygen atoms in total. The second kappa shape index (κ2) is 2.51. The van der Waals surface area contributed by atoms with Crippen LogP contribution in [0, 0.1) is 0 Å². The van der Waals surface area contributed by atoms with Crippen LogP contribution in [0.3, 0.4) is 0 Å². The first kappa shape index (κ1) is 7.66. The number of rotatable bonds is 0. The number of aromatic nitrogens is 2. The highest BCUT2D eigenvalue weighted by molar-refractivity contribution is 5.82. The van der Waals surface area contributed by atoms with Crippen LogP contribution < -0.4 is 22.0 Å². The third-order valence-corrected chi connectivity index (χ3v) is 1.68. The van der Waals surface area contributed by atoms with Gasteiger partial charge in [0.25, 0.3) is 11.5 Å². The van der Waals surface area contributed by atoms with Gasteiger partial charge in [-0.05, 0) is 0 Å².